The normalized spacial score (nSPS) is 13.1. The van der Waals surface area contributed by atoms with E-state index in [-0.39, 0.29) is 5.56 Å². The lowest BCUT2D eigenvalue weighted by Gasteiger charge is -2.27. The van der Waals surface area contributed by atoms with E-state index in [1.165, 1.54) is 4.88 Å². The standard InChI is InChI=1S/C34H28ClN4OPS/c35-24-20-22-25(23-21-24)36-34-37-32-31(29-18-10-11-19-30(29)42-32)33(40)39(34)38-41(26-12-4-1-5-13-26,27-14-6-2-7-15-27)28-16-8-3-9-17-28/h1-9,12-17,20-23H,10-11,18-19H2,(H,36,37). The molecule has 0 spiro atoms. The van der Waals surface area contributed by atoms with Crippen LogP contribution in [0.1, 0.15) is 23.3 Å². The first-order valence-corrected chi connectivity index (χ1v) is 17.0. The molecule has 0 amide bonds. The Morgan fingerprint density at radius 1 is 0.762 bits per heavy atom. The number of hydrogen-bond acceptors (Lipinski definition) is 5. The van der Waals surface area contributed by atoms with Crippen LogP contribution in [0.25, 0.3) is 10.2 Å². The number of thiophene rings is 1. The number of halogens is 1. The van der Waals surface area contributed by atoms with Gasteiger partial charge in [0.05, 0.1) is 12.4 Å². The fraction of sp³-hybridized carbons (Fsp3) is 0.118. The minimum absolute atomic E-state index is 0.136. The molecule has 0 unspecified atom stereocenters. The molecule has 1 aliphatic rings. The summed E-state index contributed by atoms with van der Waals surface area (Å²) in [7, 11) is -2.74. The van der Waals surface area contributed by atoms with Crippen molar-refractivity contribution >= 4 is 67.8 Å². The fourth-order valence-electron chi connectivity index (χ4n) is 5.69. The van der Waals surface area contributed by atoms with Gasteiger partial charge in [0, 0.05) is 31.5 Å². The number of aryl methyl sites for hydroxylation is 2. The number of nitrogens with one attached hydrogen (secondary N) is 1. The van der Waals surface area contributed by atoms with Crippen molar-refractivity contribution < 1.29 is 0 Å². The highest BCUT2D eigenvalue weighted by Crippen LogP contribution is 2.47. The van der Waals surface area contributed by atoms with E-state index in [0.717, 1.165) is 57.7 Å². The van der Waals surface area contributed by atoms with Gasteiger partial charge in [0.15, 0.2) is 0 Å². The second kappa shape index (κ2) is 11.4. The van der Waals surface area contributed by atoms with Crippen LogP contribution in [0.3, 0.4) is 0 Å². The minimum Gasteiger partial charge on any atom is -0.324 e. The lowest BCUT2D eigenvalue weighted by molar-refractivity contribution is 0.699. The smallest absolute Gasteiger partial charge is 0.284 e. The number of nitrogens with zero attached hydrogens (tertiary/aromatic N) is 3. The number of rotatable bonds is 6. The lowest BCUT2D eigenvalue weighted by Crippen LogP contribution is -2.29. The molecule has 6 aromatic rings. The lowest BCUT2D eigenvalue weighted by atomic mass is 9.97. The number of fused-ring (bicyclic) bond motifs is 3. The van der Waals surface area contributed by atoms with Gasteiger partial charge in [0.2, 0.25) is 5.95 Å². The molecule has 4 aromatic carbocycles. The van der Waals surface area contributed by atoms with Crippen LogP contribution in [-0.4, -0.2) is 9.66 Å². The number of aromatic nitrogens is 2. The minimum atomic E-state index is -2.74. The van der Waals surface area contributed by atoms with Gasteiger partial charge in [-0.3, -0.25) is 4.79 Å². The highest BCUT2D eigenvalue weighted by Gasteiger charge is 2.30. The molecular weight excluding hydrogens is 579 g/mol. The molecule has 208 valence electrons. The van der Waals surface area contributed by atoms with Crippen LogP contribution in [0.5, 0.6) is 0 Å². The summed E-state index contributed by atoms with van der Waals surface area (Å²) in [6.45, 7) is 0. The van der Waals surface area contributed by atoms with Crippen molar-refractivity contribution in [1.82, 2.24) is 9.66 Å². The maximum atomic E-state index is 14.7. The van der Waals surface area contributed by atoms with Gasteiger partial charge < -0.3 is 5.32 Å². The van der Waals surface area contributed by atoms with Crippen molar-refractivity contribution in [2.75, 3.05) is 5.32 Å². The summed E-state index contributed by atoms with van der Waals surface area (Å²) in [5.41, 5.74) is 1.78. The summed E-state index contributed by atoms with van der Waals surface area (Å²) < 4.78 is 1.54. The summed E-state index contributed by atoms with van der Waals surface area (Å²) in [4.78, 5) is 27.4. The van der Waals surface area contributed by atoms with Crippen molar-refractivity contribution in [3.05, 3.63) is 141 Å². The van der Waals surface area contributed by atoms with Crippen LogP contribution in [0.15, 0.2) is 125 Å². The van der Waals surface area contributed by atoms with Crippen molar-refractivity contribution in [2.45, 2.75) is 25.7 Å². The molecule has 0 atom stereocenters. The summed E-state index contributed by atoms with van der Waals surface area (Å²) in [6.07, 6.45) is 4.10. The van der Waals surface area contributed by atoms with E-state index < -0.39 is 7.05 Å². The van der Waals surface area contributed by atoms with Gasteiger partial charge in [-0.05, 0) is 55.5 Å². The molecular formula is C34H28ClN4OPS. The van der Waals surface area contributed by atoms with Crippen molar-refractivity contribution in [1.29, 1.82) is 0 Å². The van der Waals surface area contributed by atoms with E-state index in [0.29, 0.717) is 16.4 Å². The predicted octanol–water partition coefficient (Wildman–Crippen LogP) is 7.67. The maximum Gasteiger partial charge on any atom is 0.284 e. The second-order valence-electron chi connectivity index (χ2n) is 10.3. The van der Waals surface area contributed by atoms with Crippen LogP contribution in [0, 0.1) is 0 Å². The Labute approximate surface area is 253 Å². The number of benzene rings is 4. The van der Waals surface area contributed by atoms with Crippen LogP contribution in [0.2, 0.25) is 5.02 Å². The molecule has 0 saturated carbocycles. The van der Waals surface area contributed by atoms with Gasteiger partial charge in [0.1, 0.15) is 4.83 Å². The first kappa shape index (κ1) is 26.9. The summed E-state index contributed by atoms with van der Waals surface area (Å²) in [5.74, 6) is 0.389. The molecule has 0 saturated heterocycles. The monoisotopic (exact) mass is 606 g/mol. The third kappa shape index (κ3) is 4.80. The summed E-state index contributed by atoms with van der Waals surface area (Å²) >= 11 is 7.83. The van der Waals surface area contributed by atoms with Crippen LogP contribution >= 0.6 is 30.0 Å². The van der Waals surface area contributed by atoms with Crippen LogP contribution in [0.4, 0.5) is 11.6 Å². The molecule has 0 aliphatic heterocycles. The highest BCUT2D eigenvalue weighted by atomic mass is 35.5. The van der Waals surface area contributed by atoms with Gasteiger partial charge in [-0.2, -0.15) is 9.53 Å². The Morgan fingerprint density at radius 2 is 1.31 bits per heavy atom. The third-order valence-corrected chi connectivity index (χ3v) is 12.7. The third-order valence-electron chi connectivity index (χ3n) is 7.68. The van der Waals surface area contributed by atoms with Crippen LogP contribution in [-0.2, 0) is 12.8 Å². The van der Waals surface area contributed by atoms with Gasteiger partial charge in [0.25, 0.3) is 5.56 Å². The molecule has 0 fully saturated rings. The Hall–Kier alpha value is -3.96. The molecule has 5 nitrogen and oxygen atoms in total. The average molecular weight is 607 g/mol. The fourth-order valence-corrected chi connectivity index (χ4v) is 10.5. The largest absolute Gasteiger partial charge is 0.324 e. The van der Waals surface area contributed by atoms with Gasteiger partial charge in [-0.15, -0.1) is 11.3 Å². The SMILES string of the molecule is O=c1c2c3c(sc2nc(Nc2ccc(Cl)cc2)n1N=P(c1ccccc1)(c1ccccc1)c1ccccc1)CCCC3. The van der Waals surface area contributed by atoms with E-state index in [1.807, 2.05) is 78.9 Å². The molecule has 2 aromatic heterocycles. The molecule has 0 bridgehead atoms. The first-order valence-electron chi connectivity index (χ1n) is 14.0. The van der Waals surface area contributed by atoms with E-state index in [4.69, 9.17) is 21.4 Å². The molecule has 42 heavy (non-hydrogen) atoms. The average Bonchev–Trinajstić information content (AvgIpc) is 3.42. The summed E-state index contributed by atoms with van der Waals surface area (Å²) in [5, 5.41) is 7.92. The quantitative estimate of drug-likeness (QED) is 0.198. The zero-order valence-corrected chi connectivity index (χ0v) is 25.2. The first-order chi connectivity index (χ1) is 20.6. The molecule has 8 heteroatoms. The Balaban J connectivity index is 1.61. The van der Waals surface area contributed by atoms with Gasteiger partial charge in [-0.25, -0.2) is 4.98 Å². The zero-order valence-electron chi connectivity index (χ0n) is 22.8. The van der Waals surface area contributed by atoms with E-state index in [1.54, 1.807) is 16.0 Å². The van der Waals surface area contributed by atoms with Crippen molar-refractivity contribution in [3.8, 4) is 0 Å². The maximum absolute atomic E-state index is 14.7. The Bertz CT molecular complexity index is 1890. The van der Waals surface area contributed by atoms with Crippen molar-refractivity contribution in [2.24, 2.45) is 4.85 Å². The second-order valence-corrected chi connectivity index (χ2v) is 14.8. The number of anilines is 2. The molecule has 0 radical (unpaired) electrons. The molecule has 2 heterocycles. The van der Waals surface area contributed by atoms with Crippen molar-refractivity contribution in [3.63, 3.8) is 0 Å². The topological polar surface area (TPSA) is 59.3 Å². The molecule has 1 aliphatic carbocycles. The van der Waals surface area contributed by atoms with Gasteiger partial charge in [-0.1, -0.05) is 103 Å². The summed E-state index contributed by atoms with van der Waals surface area (Å²) in [6, 6.07) is 38.4. The Kier molecular flexibility index (Phi) is 7.29. The van der Waals surface area contributed by atoms with E-state index >= 15 is 0 Å². The predicted molar refractivity (Wildman–Crippen MR) is 178 cm³/mol. The van der Waals surface area contributed by atoms with Crippen LogP contribution < -0.4 is 26.8 Å². The zero-order chi connectivity index (χ0) is 28.5. The molecule has 1 N–H and O–H groups in total. The van der Waals surface area contributed by atoms with Gasteiger partial charge >= 0.3 is 0 Å². The Morgan fingerprint density at radius 3 is 1.88 bits per heavy atom. The van der Waals surface area contributed by atoms with E-state index in [9.17, 15) is 4.79 Å². The highest BCUT2D eigenvalue weighted by molar-refractivity contribution is 7.87. The van der Waals surface area contributed by atoms with E-state index in [2.05, 4.69) is 41.7 Å². The molecule has 7 rings (SSSR count). The number of hydrogen-bond donors (Lipinski definition) is 1.